The van der Waals surface area contributed by atoms with E-state index in [9.17, 15) is 4.79 Å². The van der Waals surface area contributed by atoms with Crippen LogP contribution in [0, 0.1) is 5.92 Å². The Morgan fingerprint density at radius 1 is 1.43 bits per heavy atom. The monoisotopic (exact) mass is 190 g/mol. The Labute approximate surface area is 83.9 Å². The Balaban J connectivity index is 2.22. The summed E-state index contributed by atoms with van der Waals surface area (Å²) in [6, 6.07) is 7.94. The van der Waals surface area contributed by atoms with E-state index in [0.29, 0.717) is 11.7 Å². The van der Waals surface area contributed by atoms with E-state index in [2.05, 4.69) is 0 Å². The highest BCUT2D eigenvalue weighted by atomic mass is 16.5. The molecule has 2 heteroatoms. The Bertz CT molecular complexity index is 357. The van der Waals surface area contributed by atoms with Gasteiger partial charge in [0.25, 0.3) is 0 Å². The van der Waals surface area contributed by atoms with Crippen molar-refractivity contribution in [3.63, 3.8) is 0 Å². The molecule has 2 atom stereocenters. The predicted octanol–water partition coefficient (Wildman–Crippen LogP) is 2.39. The minimum absolute atomic E-state index is 0.228. The van der Waals surface area contributed by atoms with Gasteiger partial charge in [0.2, 0.25) is 0 Å². The molecular weight excluding hydrogens is 176 g/mol. The zero-order chi connectivity index (χ0) is 10.1. The summed E-state index contributed by atoms with van der Waals surface area (Å²) in [4.78, 5) is 11.1. The molecular formula is C12H14O2. The first-order chi connectivity index (χ1) is 6.74. The van der Waals surface area contributed by atoms with E-state index in [0.717, 1.165) is 12.2 Å². The van der Waals surface area contributed by atoms with E-state index in [-0.39, 0.29) is 5.92 Å². The van der Waals surface area contributed by atoms with Crippen molar-refractivity contribution in [2.75, 3.05) is 7.11 Å². The van der Waals surface area contributed by atoms with Crippen LogP contribution in [-0.2, 0) is 4.79 Å². The Morgan fingerprint density at radius 3 is 2.71 bits per heavy atom. The third-order valence-corrected chi connectivity index (χ3v) is 2.85. The third kappa shape index (κ3) is 1.52. The Hall–Kier alpha value is -1.31. The Kier molecular flexibility index (Phi) is 2.28. The maximum Gasteiger partial charge on any atom is 0.133 e. The van der Waals surface area contributed by atoms with Crippen LogP contribution in [-0.4, -0.2) is 12.9 Å². The number of carbonyl (C=O) groups excluding carboxylic acids is 1. The largest absolute Gasteiger partial charge is 0.496 e. The molecule has 1 aliphatic rings. The zero-order valence-corrected chi connectivity index (χ0v) is 8.49. The number of carbonyl (C=O) groups is 1. The highest BCUT2D eigenvalue weighted by Gasteiger charge is 2.42. The van der Waals surface area contributed by atoms with Crippen LogP contribution < -0.4 is 4.74 Å². The van der Waals surface area contributed by atoms with Gasteiger partial charge < -0.3 is 4.74 Å². The number of hydrogen-bond acceptors (Lipinski definition) is 2. The van der Waals surface area contributed by atoms with Crippen molar-refractivity contribution in [3.8, 4) is 5.75 Å². The van der Waals surface area contributed by atoms with Gasteiger partial charge in [-0.25, -0.2) is 0 Å². The second-order valence-electron chi connectivity index (χ2n) is 3.80. The third-order valence-electron chi connectivity index (χ3n) is 2.85. The highest BCUT2D eigenvalue weighted by Crippen LogP contribution is 2.50. The lowest BCUT2D eigenvalue weighted by atomic mass is 10.1. The molecule has 0 bridgehead atoms. The van der Waals surface area contributed by atoms with Crippen LogP contribution in [0.4, 0.5) is 0 Å². The molecule has 0 spiro atoms. The second kappa shape index (κ2) is 3.45. The number of ketones is 1. The standard InChI is InChI=1S/C12H14O2/c1-8(13)10-7-11(10)9-5-3-4-6-12(9)14-2/h3-6,10-11H,7H2,1-2H3/t10-,11-/m1/s1. The highest BCUT2D eigenvalue weighted by molar-refractivity contribution is 5.82. The summed E-state index contributed by atoms with van der Waals surface area (Å²) in [6.07, 6.45) is 0.982. The van der Waals surface area contributed by atoms with Gasteiger partial charge in [-0.1, -0.05) is 18.2 Å². The van der Waals surface area contributed by atoms with Gasteiger partial charge in [-0.2, -0.15) is 0 Å². The number of Topliss-reactive ketones (excluding diaryl/α,β-unsaturated/α-hetero) is 1. The van der Waals surface area contributed by atoms with Gasteiger partial charge in [-0.05, 0) is 30.9 Å². The summed E-state index contributed by atoms with van der Waals surface area (Å²) in [5.41, 5.74) is 1.18. The summed E-state index contributed by atoms with van der Waals surface area (Å²) in [5.74, 6) is 1.82. The first kappa shape index (κ1) is 9.25. The fourth-order valence-electron chi connectivity index (χ4n) is 1.96. The predicted molar refractivity (Wildman–Crippen MR) is 54.5 cm³/mol. The van der Waals surface area contributed by atoms with Crippen LogP contribution >= 0.6 is 0 Å². The first-order valence-electron chi connectivity index (χ1n) is 4.87. The van der Waals surface area contributed by atoms with Crippen LogP contribution in [0.1, 0.15) is 24.8 Å². The van der Waals surface area contributed by atoms with Crippen molar-refractivity contribution in [3.05, 3.63) is 29.8 Å². The lowest BCUT2D eigenvalue weighted by molar-refractivity contribution is -0.118. The molecule has 74 valence electrons. The van der Waals surface area contributed by atoms with Crippen LogP contribution in [0.5, 0.6) is 5.75 Å². The molecule has 14 heavy (non-hydrogen) atoms. The van der Waals surface area contributed by atoms with E-state index in [4.69, 9.17) is 4.74 Å². The van der Waals surface area contributed by atoms with Gasteiger partial charge in [-0.15, -0.1) is 0 Å². The number of methoxy groups -OCH3 is 1. The van der Waals surface area contributed by atoms with E-state index >= 15 is 0 Å². The fraction of sp³-hybridized carbons (Fsp3) is 0.417. The van der Waals surface area contributed by atoms with Gasteiger partial charge in [0.05, 0.1) is 7.11 Å². The van der Waals surface area contributed by atoms with Crippen LogP contribution in [0.25, 0.3) is 0 Å². The van der Waals surface area contributed by atoms with E-state index in [1.807, 2.05) is 24.3 Å². The maximum absolute atomic E-state index is 11.1. The van der Waals surface area contributed by atoms with Crippen molar-refractivity contribution in [2.24, 2.45) is 5.92 Å². The molecule has 0 aromatic heterocycles. The smallest absolute Gasteiger partial charge is 0.133 e. The number of rotatable bonds is 3. The molecule has 1 saturated carbocycles. The van der Waals surface area contributed by atoms with Gasteiger partial charge >= 0.3 is 0 Å². The van der Waals surface area contributed by atoms with Gasteiger partial charge in [0.1, 0.15) is 11.5 Å². The summed E-state index contributed by atoms with van der Waals surface area (Å²) in [5, 5.41) is 0. The quantitative estimate of drug-likeness (QED) is 0.731. The zero-order valence-electron chi connectivity index (χ0n) is 8.49. The first-order valence-corrected chi connectivity index (χ1v) is 4.87. The van der Waals surface area contributed by atoms with Gasteiger partial charge in [0.15, 0.2) is 0 Å². The summed E-state index contributed by atoms with van der Waals surface area (Å²) >= 11 is 0. The average Bonchev–Trinajstić information content (AvgIpc) is 2.97. The van der Waals surface area contributed by atoms with Gasteiger partial charge in [-0.3, -0.25) is 4.79 Å². The molecule has 1 aromatic carbocycles. The van der Waals surface area contributed by atoms with Crippen molar-refractivity contribution in [1.29, 1.82) is 0 Å². The molecule has 1 aliphatic carbocycles. The summed E-state index contributed by atoms with van der Waals surface area (Å²) in [6.45, 7) is 1.67. The average molecular weight is 190 g/mol. The van der Waals surface area contributed by atoms with Crippen molar-refractivity contribution < 1.29 is 9.53 Å². The van der Waals surface area contributed by atoms with Crippen molar-refractivity contribution >= 4 is 5.78 Å². The molecule has 0 N–H and O–H groups in total. The molecule has 2 rings (SSSR count). The lowest BCUT2D eigenvalue weighted by Gasteiger charge is -2.06. The maximum atomic E-state index is 11.1. The number of hydrogen-bond donors (Lipinski definition) is 0. The molecule has 0 amide bonds. The molecule has 0 unspecified atom stereocenters. The van der Waals surface area contributed by atoms with Crippen molar-refractivity contribution in [2.45, 2.75) is 19.3 Å². The summed E-state index contributed by atoms with van der Waals surface area (Å²) in [7, 11) is 1.67. The fourth-order valence-corrected chi connectivity index (χ4v) is 1.96. The molecule has 0 saturated heterocycles. The van der Waals surface area contributed by atoms with Crippen LogP contribution in [0.15, 0.2) is 24.3 Å². The molecule has 0 aliphatic heterocycles. The van der Waals surface area contributed by atoms with Crippen LogP contribution in [0.3, 0.4) is 0 Å². The topological polar surface area (TPSA) is 26.3 Å². The van der Waals surface area contributed by atoms with E-state index < -0.39 is 0 Å². The number of benzene rings is 1. The normalized spacial score (nSPS) is 24.4. The minimum atomic E-state index is 0.228. The van der Waals surface area contributed by atoms with Crippen LogP contribution in [0.2, 0.25) is 0 Å². The second-order valence-corrected chi connectivity index (χ2v) is 3.80. The van der Waals surface area contributed by atoms with E-state index in [1.54, 1.807) is 14.0 Å². The summed E-state index contributed by atoms with van der Waals surface area (Å²) < 4.78 is 5.26. The van der Waals surface area contributed by atoms with Gasteiger partial charge in [0, 0.05) is 5.92 Å². The molecule has 0 heterocycles. The lowest BCUT2D eigenvalue weighted by Crippen LogP contribution is -1.96. The molecule has 2 nitrogen and oxygen atoms in total. The van der Waals surface area contributed by atoms with Crippen molar-refractivity contribution in [1.82, 2.24) is 0 Å². The molecule has 0 radical (unpaired) electrons. The Morgan fingerprint density at radius 2 is 2.14 bits per heavy atom. The minimum Gasteiger partial charge on any atom is -0.496 e. The van der Waals surface area contributed by atoms with E-state index in [1.165, 1.54) is 5.56 Å². The number of ether oxygens (including phenoxy) is 1. The molecule has 1 aromatic rings. The molecule has 1 fully saturated rings. The SMILES string of the molecule is COc1ccccc1[C@H]1C[C@@H]1C(C)=O. The number of para-hydroxylation sites is 1.